The molecule has 0 saturated heterocycles. The molecule has 0 amide bonds. The van der Waals surface area contributed by atoms with Gasteiger partial charge >= 0.3 is 0 Å². The molecule has 0 aliphatic rings. The van der Waals surface area contributed by atoms with E-state index >= 15 is 0 Å². The second-order valence-electron chi connectivity index (χ2n) is 7.65. The molecule has 2 heterocycles. The number of hydrogen-bond donors (Lipinski definition) is 0. The second kappa shape index (κ2) is 7.00. The van der Waals surface area contributed by atoms with Gasteiger partial charge in [0.15, 0.2) is 5.69 Å². The Morgan fingerprint density at radius 3 is 2.59 bits per heavy atom. The number of aromatic nitrogens is 1. The first-order chi connectivity index (χ1) is 15.0. The first kappa shape index (κ1) is 15.7. The highest BCUT2D eigenvalue weighted by atomic mass is 19.1. The fourth-order valence-electron chi connectivity index (χ4n) is 3.71. The van der Waals surface area contributed by atoms with Crippen molar-refractivity contribution in [2.45, 2.75) is 34.1 Å². The fourth-order valence-corrected chi connectivity index (χ4v) is 3.71. The average molecular weight is 390 g/mol. The van der Waals surface area contributed by atoms with Crippen LogP contribution >= 0.6 is 0 Å². The Balaban J connectivity index is 2.18. The van der Waals surface area contributed by atoms with Crippen LogP contribution in [0, 0.1) is 32.2 Å². The van der Waals surface area contributed by atoms with Gasteiger partial charge < -0.3 is 4.42 Å². The molecule has 0 atom stereocenters. The van der Waals surface area contributed by atoms with E-state index in [1.807, 2.05) is 37.6 Å². The number of aryl methyl sites for hydroxylation is 2. The van der Waals surface area contributed by atoms with Crippen molar-refractivity contribution in [3.63, 3.8) is 0 Å². The molecule has 29 heavy (non-hydrogen) atoms. The standard InChI is InChI=1S/C25H24FN2O/c1-14(2)11-17-12-16(4)28(6)21(13-17)22-15(3)7-8-18-19-9-10-20(26)23(27-5)25(19)29-24(18)22/h7-10,12-14H,11H2,1-4,6H3/q+1/i11D2,13D. The minimum Gasteiger partial charge on any atom is -0.466 e. The largest absolute Gasteiger partial charge is 0.466 e. The predicted molar refractivity (Wildman–Crippen MR) is 115 cm³/mol. The number of pyridine rings is 1. The van der Waals surface area contributed by atoms with Gasteiger partial charge in [0.25, 0.3) is 5.69 Å². The zero-order valence-corrected chi connectivity index (χ0v) is 17.1. The Morgan fingerprint density at radius 1 is 1.21 bits per heavy atom. The van der Waals surface area contributed by atoms with Crippen LogP contribution in [0.15, 0.2) is 40.8 Å². The van der Waals surface area contributed by atoms with E-state index in [0.29, 0.717) is 27.8 Å². The molecule has 0 spiro atoms. The number of halogens is 1. The molecule has 0 unspecified atom stereocenters. The quantitative estimate of drug-likeness (QED) is 0.286. The Labute approximate surface area is 174 Å². The molecule has 0 fully saturated rings. The molecule has 146 valence electrons. The summed E-state index contributed by atoms with van der Waals surface area (Å²) < 4.78 is 48.4. The van der Waals surface area contributed by atoms with Crippen LogP contribution in [0.5, 0.6) is 0 Å². The lowest BCUT2D eigenvalue weighted by Crippen LogP contribution is -2.35. The average Bonchev–Trinajstić information content (AvgIpc) is 3.10. The maximum Gasteiger partial charge on any atom is 0.264 e. The summed E-state index contributed by atoms with van der Waals surface area (Å²) >= 11 is 0. The van der Waals surface area contributed by atoms with E-state index in [1.54, 1.807) is 26.0 Å². The van der Waals surface area contributed by atoms with Crippen LogP contribution in [0.2, 0.25) is 0 Å². The molecule has 2 aromatic heterocycles. The normalized spacial score (nSPS) is 13.5. The number of rotatable bonds is 3. The lowest BCUT2D eigenvalue weighted by atomic mass is 9.96. The van der Waals surface area contributed by atoms with Gasteiger partial charge in [-0.25, -0.2) is 9.24 Å². The number of fused-ring (bicyclic) bond motifs is 3. The van der Waals surface area contributed by atoms with Gasteiger partial charge in [0.1, 0.15) is 24.0 Å². The van der Waals surface area contributed by atoms with E-state index in [1.165, 1.54) is 6.07 Å². The first-order valence-electron chi connectivity index (χ1n) is 11.0. The van der Waals surface area contributed by atoms with Crippen molar-refractivity contribution in [1.82, 2.24) is 0 Å². The summed E-state index contributed by atoms with van der Waals surface area (Å²) in [4.78, 5) is 3.32. The summed E-state index contributed by atoms with van der Waals surface area (Å²) in [6, 6.07) is 8.47. The highest BCUT2D eigenvalue weighted by Crippen LogP contribution is 2.41. The van der Waals surface area contributed by atoms with Crippen LogP contribution in [0.25, 0.3) is 38.0 Å². The molecular weight excluding hydrogens is 363 g/mol. The maximum atomic E-state index is 14.2. The summed E-state index contributed by atoms with van der Waals surface area (Å²) in [5.41, 5.74) is 3.60. The molecule has 0 bridgehead atoms. The van der Waals surface area contributed by atoms with Crippen LogP contribution in [0.3, 0.4) is 0 Å². The SMILES string of the molecule is [2H]c1c(C([2H])([2H])C(C)C)cc(C)[n+](C)c1-c1c(C)ccc2c1oc1c([N+]#[C-])c(F)ccc12. The zero-order chi connectivity index (χ0) is 23.5. The van der Waals surface area contributed by atoms with Gasteiger partial charge in [-0.1, -0.05) is 32.0 Å². The van der Waals surface area contributed by atoms with Gasteiger partial charge in [0, 0.05) is 32.5 Å². The summed E-state index contributed by atoms with van der Waals surface area (Å²) in [5, 5.41) is 1.35. The third-order valence-corrected chi connectivity index (χ3v) is 5.21. The molecule has 0 aliphatic heterocycles. The monoisotopic (exact) mass is 390 g/mol. The van der Waals surface area contributed by atoms with E-state index in [-0.39, 0.29) is 23.2 Å². The lowest BCUT2D eigenvalue weighted by Gasteiger charge is -2.11. The predicted octanol–water partition coefficient (Wildman–Crippen LogP) is 6.58. The third-order valence-electron chi connectivity index (χ3n) is 5.21. The Hall–Kier alpha value is -3.19. The maximum absolute atomic E-state index is 14.2. The van der Waals surface area contributed by atoms with E-state index in [9.17, 15) is 4.39 Å². The van der Waals surface area contributed by atoms with Crippen molar-refractivity contribution < 1.29 is 17.5 Å². The number of hydrogen-bond acceptors (Lipinski definition) is 1. The van der Waals surface area contributed by atoms with E-state index < -0.39 is 12.2 Å². The second-order valence-corrected chi connectivity index (χ2v) is 7.65. The van der Waals surface area contributed by atoms with Gasteiger partial charge in [-0.3, -0.25) is 0 Å². The van der Waals surface area contributed by atoms with Crippen LogP contribution in [0.1, 0.15) is 34.8 Å². The van der Waals surface area contributed by atoms with Crippen LogP contribution in [-0.4, -0.2) is 0 Å². The number of nitrogens with zero attached hydrogens (tertiary/aromatic N) is 2. The minimum atomic E-state index is -1.69. The zero-order valence-electron chi connectivity index (χ0n) is 20.1. The molecule has 2 aromatic carbocycles. The molecule has 0 radical (unpaired) electrons. The van der Waals surface area contributed by atoms with Crippen LogP contribution < -0.4 is 4.57 Å². The van der Waals surface area contributed by atoms with Crippen molar-refractivity contribution in [2.24, 2.45) is 13.0 Å². The first-order valence-corrected chi connectivity index (χ1v) is 9.53. The molecule has 0 saturated carbocycles. The Kier molecular flexibility index (Phi) is 3.79. The summed E-state index contributed by atoms with van der Waals surface area (Å²) in [6.45, 7) is 14.8. The molecule has 3 nitrogen and oxygen atoms in total. The van der Waals surface area contributed by atoms with Gasteiger partial charge in [0.2, 0.25) is 5.69 Å². The molecule has 4 aromatic rings. The van der Waals surface area contributed by atoms with E-state index in [2.05, 4.69) is 4.85 Å². The third kappa shape index (κ3) is 3.07. The van der Waals surface area contributed by atoms with Crippen molar-refractivity contribution in [3.8, 4) is 11.3 Å². The van der Waals surface area contributed by atoms with Crippen LogP contribution in [0.4, 0.5) is 10.1 Å². The molecule has 4 rings (SSSR count). The molecular formula is C25H24FN2O+. The molecule has 0 aliphatic carbocycles. The Bertz CT molecular complexity index is 1450. The van der Waals surface area contributed by atoms with E-state index in [0.717, 1.165) is 16.6 Å². The summed E-state index contributed by atoms with van der Waals surface area (Å²) in [7, 11) is 1.84. The fraction of sp³-hybridized carbons (Fsp3) is 0.280. The Morgan fingerprint density at radius 2 is 1.90 bits per heavy atom. The summed E-state index contributed by atoms with van der Waals surface area (Å²) in [5.74, 6) is -0.960. The lowest BCUT2D eigenvalue weighted by molar-refractivity contribution is -0.666. The van der Waals surface area contributed by atoms with Crippen molar-refractivity contribution in [3.05, 3.63) is 70.4 Å². The van der Waals surface area contributed by atoms with Crippen molar-refractivity contribution in [1.29, 1.82) is 0 Å². The van der Waals surface area contributed by atoms with Gasteiger partial charge in [-0.15, -0.1) is 0 Å². The highest BCUT2D eigenvalue weighted by molar-refractivity contribution is 6.12. The number of benzene rings is 2. The van der Waals surface area contributed by atoms with Gasteiger partial charge in [-0.05, 0) is 36.4 Å². The van der Waals surface area contributed by atoms with Gasteiger partial charge in [-0.2, -0.15) is 4.57 Å². The topological polar surface area (TPSA) is 21.4 Å². The smallest absolute Gasteiger partial charge is 0.264 e. The summed E-state index contributed by atoms with van der Waals surface area (Å²) in [6.07, 6.45) is -1.69. The number of furan rings is 1. The van der Waals surface area contributed by atoms with Gasteiger partial charge in [0.05, 0.1) is 13.5 Å². The molecule has 4 heteroatoms. The molecule has 0 N–H and O–H groups in total. The highest BCUT2D eigenvalue weighted by Gasteiger charge is 2.24. The van der Waals surface area contributed by atoms with E-state index in [4.69, 9.17) is 15.1 Å². The van der Waals surface area contributed by atoms with Crippen molar-refractivity contribution in [2.75, 3.05) is 0 Å². The van der Waals surface area contributed by atoms with Crippen LogP contribution in [-0.2, 0) is 13.4 Å². The minimum absolute atomic E-state index is 0.0874. The van der Waals surface area contributed by atoms with Crippen molar-refractivity contribution >= 4 is 27.6 Å².